The average Bonchev–Trinajstić information content (AvgIpc) is 3.48. The van der Waals surface area contributed by atoms with E-state index in [1.165, 1.54) is 0 Å². The number of nitrogens with one attached hydrogen (secondary N) is 4. The lowest BCUT2D eigenvalue weighted by Crippen LogP contribution is -2.61. The zero-order valence-corrected chi connectivity index (χ0v) is 29.2. The lowest BCUT2D eigenvalue weighted by Gasteiger charge is -2.33. The van der Waals surface area contributed by atoms with Crippen molar-refractivity contribution in [3.8, 4) is 5.75 Å². The first-order valence-corrected chi connectivity index (χ1v) is 17.2. The second-order valence-corrected chi connectivity index (χ2v) is 12.8. The number of alkyl carbamates (subject to hydrolysis) is 1. The van der Waals surface area contributed by atoms with Gasteiger partial charge >= 0.3 is 12.1 Å². The molecule has 6 atom stereocenters. The summed E-state index contributed by atoms with van der Waals surface area (Å²) in [6, 6.07) is 27.4. The largest absolute Gasteiger partial charge is 0.497 e. The Morgan fingerprint density at radius 3 is 2.09 bits per heavy atom. The molecule has 0 aromatic heterocycles. The molecule has 0 radical (unpaired) electrons. The van der Waals surface area contributed by atoms with E-state index in [9.17, 15) is 34.5 Å². The molecule has 0 unspecified atom stereocenters. The predicted octanol–water partition coefficient (Wildman–Crippen LogP) is 2.79. The fourth-order valence-corrected chi connectivity index (χ4v) is 6.26. The highest BCUT2D eigenvalue weighted by atomic mass is 16.5. The van der Waals surface area contributed by atoms with Crippen LogP contribution in [-0.2, 0) is 45.1 Å². The van der Waals surface area contributed by atoms with Crippen LogP contribution in [0.15, 0.2) is 109 Å². The van der Waals surface area contributed by atoms with Crippen molar-refractivity contribution in [2.45, 2.75) is 68.8 Å². The van der Waals surface area contributed by atoms with E-state index in [-0.39, 0.29) is 19.6 Å². The van der Waals surface area contributed by atoms with Gasteiger partial charge in [-0.15, -0.1) is 0 Å². The first-order chi connectivity index (χ1) is 25.6. The summed E-state index contributed by atoms with van der Waals surface area (Å²) in [4.78, 5) is 52.4. The number of aliphatic hydroxyl groups excluding tert-OH is 2. The third kappa shape index (κ3) is 10.9. The standard InChI is InChI=1S/C40H44N4O9/c1-52-29-18-16-26(17-19-29)23-41-36(39(50)44-35-30-15-9-8-14-28(30)21-33(35)45)37(48)31(20-25-10-4-2-5-11-25)42-38(49)32(22-34(46)47)43-40(51)53-24-27-12-6-3-7-13-27/h2-19,31-33,35-37,41,45,48H,20-24H2,1H3,(H,42,49)(H,43,51)(H,44,50)(H,46,47)/t31-,32-,33+,35-,36+,37+/m0/s1. The van der Waals surface area contributed by atoms with Gasteiger partial charge in [-0.05, 0) is 46.4 Å². The summed E-state index contributed by atoms with van der Waals surface area (Å²) < 4.78 is 10.5. The summed E-state index contributed by atoms with van der Waals surface area (Å²) in [7, 11) is 1.55. The molecule has 13 heteroatoms. The maximum atomic E-state index is 14.1. The Balaban J connectivity index is 1.39. The van der Waals surface area contributed by atoms with Gasteiger partial charge in [0, 0.05) is 13.0 Å². The number of carbonyl (C=O) groups is 4. The van der Waals surface area contributed by atoms with E-state index in [0.717, 1.165) is 16.7 Å². The van der Waals surface area contributed by atoms with E-state index in [1.54, 1.807) is 92.0 Å². The number of carbonyl (C=O) groups excluding carboxylic acids is 3. The molecule has 0 heterocycles. The zero-order chi connectivity index (χ0) is 37.7. The van der Waals surface area contributed by atoms with Crippen molar-refractivity contribution in [2.24, 2.45) is 0 Å². The van der Waals surface area contributed by atoms with Gasteiger partial charge in [0.2, 0.25) is 11.8 Å². The highest BCUT2D eigenvalue weighted by Crippen LogP contribution is 2.31. The van der Waals surface area contributed by atoms with Crippen molar-refractivity contribution < 1.29 is 44.0 Å². The molecule has 0 saturated carbocycles. The van der Waals surface area contributed by atoms with Gasteiger partial charge in [0.1, 0.15) is 24.4 Å². The summed E-state index contributed by atoms with van der Waals surface area (Å²) in [5.41, 5.74) is 3.81. The number of rotatable bonds is 17. The SMILES string of the molecule is COc1ccc(CN[C@@H](C(=O)N[C@H]2c3ccccc3C[C@H]2O)[C@H](O)[C@H](Cc2ccccc2)NC(=O)[C@H](CC(=O)O)NC(=O)OCc2ccccc2)cc1. The Kier molecular flexibility index (Phi) is 13.5. The molecule has 3 amide bonds. The predicted molar refractivity (Wildman–Crippen MR) is 195 cm³/mol. The smallest absolute Gasteiger partial charge is 0.408 e. The van der Waals surface area contributed by atoms with E-state index in [2.05, 4.69) is 21.3 Å². The number of ether oxygens (including phenoxy) is 2. The van der Waals surface area contributed by atoms with Crippen LogP contribution in [0.4, 0.5) is 4.79 Å². The summed E-state index contributed by atoms with van der Waals surface area (Å²) in [5.74, 6) is -2.26. The molecule has 278 valence electrons. The van der Waals surface area contributed by atoms with Crippen LogP contribution in [0.5, 0.6) is 5.75 Å². The summed E-state index contributed by atoms with van der Waals surface area (Å²) in [5, 5.41) is 43.6. The number of carboxylic acids is 1. The molecule has 0 spiro atoms. The quantitative estimate of drug-likeness (QED) is 0.0851. The lowest BCUT2D eigenvalue weighted by atomic mass is 9.94. The fraction of sp³-hybridized carbons (Fsp3) is 0.300. The number of fused-ring (bicyclic) bond motifs is 1. The minimum Gasteiger partial charge on any atom is -0.497 e. The van der Waals surface area contributed by atoms with Crippen molar-refractivity contribution in [3.63, 3.8) is 0 Å². The van der Waals surface area contributed by atoms with Crippen LogP contribution in [0.1, 0.15) is 40.3 Å². The van der Waals surface area contributed by atoms with Crippen LogP contribution < -0.4 is 26.0 Å². The highest BCUT2D eigenvalue weighted by Gasteiger charge is 2.39. The van der Waals surface area contributed by atoms with Crippen LogP contribution >= 0.6 is 0 Å². The van der Waals surface area contributed by atoms with Gasteiger partial charge in [0.05, 0.1) is 37.8 Å². The van der Waals surface area contributed by atoms with Gasteiger partial charge in [0.25, 0.3) is 0 Å². The van der Waals surface area contributed by atoms with Crippen molar-refractivity contribution in [2.75, 3.05) is 7.11 Å². The number of benzene rings is 4. The topological polar surface area (TPSA) is 196 Å². The second kappa shape index (κ2) is 18.6. The Morgan fingerprint density at radius 2 is 1.43 bits per heavy atom. The molecular formula is C40H44N4O9. The monoisotopic (exact) mass is 724 g/mol. The average molecular weight is 725 g/mol. The molecule has 5 rings (SSSR count). The number of aliphatic carboxylic acids is 1. The summed E-state index contributed by atoms with van der Waals surface area (Å²) in [6.07, 6.45) is -3.91. The first-order valence-electron chi connectivity index (χ1n) is 17.2. The Labute approximate surface area is 307 Å². The van der Waals surface area contributed by atoms with Crippen molar-refractivity contribution in [1.29, 1.82) is 0 Å². The maximum Gasteiger partial charge on any atom is 0.408 e. The molecule has 0 fully saturated rings. The van der Waals surface area contributed by atoms with E-state index < -0.39 is 66.7 Å². The molecule has 13 nitrogen and oxygen atoms in total. The molecule has 53 heavy (non-hydrogen) atoms. The van der Waals surface area contributed by atoms with Crippen LogP contribution in [0.2, 0.25) is 0 Å². The Hall–Kier alpha value is -5.76. The molecule has 1 aliphatic rings. The maximum absolute atomic E-state index is 14.1. The van der Waals surface area contributed by atoms with Crippen molar-refractivity contribution >= 4 is 23.9 Å². The minimum absolute atomic E-state index is 0.0366. The lowest BCUT2D eigenvalue weighted by molar-refractivity contribution is -0.140. The number of amides is 3. The number of carboxylic acid groups (broad SMARTS) is 1. The highest BCUT2D eigenvalue weighted by molar-refractivity contribution is 5.89. The van der Waals surface area contributed by atoms with Gasteiger partial charge < -0.3 is 40.7 Å². The van der Waals surface area contributed by atoms with Gasteiger partial charge in [-0.2, -0.15) is 0 Å². The van der Waals surface area contributed by atoms with Crippen molar-refractivity contribution in [3.05, 3.63) is 137 Å². The number of methoxy groups -OCH3 is 1. The van der Waals surface area contributed by atoms with Gasteiger partial charge in [0.15, 0.2) is 0 Å². The third-order valence-electron chi connectivity index (χ3n) is 9.05. The molecule has 4 aromatic carbocycles. The zero-order valence-electron chi connectivity index (χ0n) is 29.2. The summed E-state index contributed by atoms with van der Waals surface area (Å²) in [6.45, 7) is 0.0195. The molecule has 4 aromatic rings. The normalized spacial score (nSPS) is 17.0. The van der Waals surface area contributed by atoms with Crippen molar-refractivity contribution in [1.82, 2.24) is 21.3 Å². The molecule has 0 saturated heterocycles. The summed E-state index contributed by atoms with van der Waals surface area (Å²) >= 11 is 0. The molecule has 0 aliphatic heterocycles. The second-order valence-electron chi connectivity index (χ2n) is 12.8. The van der Waals surface area contributed by atoms with Crippen LogP contribution in [-0.4, -0.2) is 76.6 Å². The van der Waals surface area contributed by atoms with E-state index >= 15 is 0 Å². The first kappa shape index (κ1) is 38.5. The number of hydrogen-bond acceptors (Lipinski definition) is 9. The van der Waals surface area contributed by atoms with Gasteiger partial charge in [-0.1, -0.05) is 97.1 Å². The fourth-order valence-electron chi connectivity index (χ4n) is 6.26. The van der Waals surface area contributed by atoms with Crippen LogP contribution in [0.3, 0.4) is 0 Å². The Morgan fingerprint density at radius 1 is 0.792 bits per heavy atom. The van der Waals surface area contributed by atoms with Gasteiger partial charge in [-0.25, -0.2) is 4.79 Å². The molecule has 1 aliphatic carbocycles. The van der Waals surface area contributed by atoms with Crippen LogP contribution in [0.25, 0.3) is 0 Å². The molecular weight excluding hydrogens is 680 g/mol. The number of aliphatic hydroxyl groups is 2. The molecule has 7 N–H and O–H groups in total. The Bertz CT molecular complexity index is 1830. The number of hydrogen-bond donors (Lipinski definition) is 7. The van der Waals surface area contributed by atoms with Gasteiger partial charge in [-0.3, -0.25) is 19.7 Å². The third-order valence-corrected chi connectivity index (χ3v) is 9.05. The van der Waals surface area contributed by atoms with E-state index in [4.69, 9.17) is 9.47 Å². The van der Waals surface area contributed by atoms with E-state index in [1.807, 2.05) is 24.3 Å². The van der Waals surface area contributed by atoms with Crippen LogP contribution in [0, 0.1) is 0 Å². The molecule has 0 bridgehead atoms. The van der Waals surface area contributed by atoms with E-state index in [0.29, 0.717) is 23.3 Å². The minimum atomic E-state index is -1.60.